The first-order chi connectivity index (χ1) is 7.38. The summed E-state index contributed by atoms with van der Waals surface area (Å²) in [6, 6.07) is 5.70. The summed E-state index contributed by atoms with van der Waals surface area (Å²) in [6.45, 7) is 0. The molecule has 0 bridgehead atoms. The normalized spacial score (nSPS) is 10.6. The number of H-pyrrole nitrogens is 1. The Hall–Kier alpha value is -2.48. The van der Waals surface area contributed by atoms with Gasteiger partial charge >= 0.3 is 0 Å². The molecule has 3 rings (SSSR count). The van der Waals surface area contributed by atoms with E-state index in [2.05, 4.69) is 19.9 Å². The number of imidazole rings is 1. The van der Waals surface area contributed by atoms with Crippen molar-refractivity contribution in [2.45, 2.75) is 0 Å². The number of aromatic nitrogens is 4. The van der Waals surface area contributed by atoms with Crippen molar-refractivity contribution < 1.29 is 0 Å². The Labute approximate surface area is 84.4 Å². The highest BCUT2D eigenvalue weighted by Gasteiger charge is 2.07. The number of pyridine rings is 2. The number of fused-ring (bicyclic) bond motifs is 3. The quantitative estimate of drug-likeness (QED) is 0.587. The molecular formula is C10H5N5. The fourth-order valence-corrected chi connectivity index (χ4v) is 1.53. The summed E-state index contributed by atoms with van der Waals surface area (Å²) in [6.07, 6.45) is 3.41. The average molecular weight is 195 g/mol. The lowest BCUT2D eigenvalue weighted by molar-refractivity contribution is 1.23. The van der Waals surface area contributed by atoms with E-state index in [1.165, 1.54) is 0 Å². The predicted octanol–water partition coefficient (Wildman–Crippen LogP) is 1.38. The SMILES string of the molecule is N#Cc1nc2c(ncc3cccnc32)[nH]1. The van der Waals surface area contributed by atoms with Crippen LogP contribution in [0.3, 0.4) is 0 Å². The highest BCUT2D eigenvalue weighted by molar-refractivity contribution is 5.99. The summed E-state index contributed by atoms with van der Waals surface area (Å²) < 4.78 is 0. The third kappa shape index (κ3) is 1.05. The van der Waals surface area contributed by atoms with Gasteiger partial charge in [0.25, 0.3) is 0 Å². The first kappa shape index (κ1) is 7.88. The van der Waals surface area contributed by atoms with Gasteiger partial charge in [-0.2, -0.15) is 5.26 Å². The zero-order valence-corrected chi connectivity index (χ0v) is 7.60. The van der Waals surface area contributed by atoms with Crippen LogP contribution >= 0.6 is 0 Å². The summed E-state index contributed by atoms with van der Waals surface area (Å²) >= 11 is 0. The second-order valence-corrected chi connectivity index (χ2v) is 3.09. The maximum Gasteiger partial charge on any atom is 0.212 e. The molecule has 70 valence electrons. The van der Waals surface area contributed by atoms with Crippen molar-refractivity contribution >= 4 is 22.1 Å². The molecule has 0 aromatic carbocycles. The Bertz CT molecular complexity index is 692. The molecule has 0 aliphatic rings. The fraction of sp³-hybridized carbons (Fsp3) is 0. The molecule has 3 aromatic rings. The highest BCUT2D eigenvalue weighted by atomic mass is 15.0. The van der Waals surface area contributed by atoms with Crippen molar-refractivity contribution in [1.82, 2.24) is 19.9 Å². The van der Waals surface area contributed by atoms with Crippen LogP contribution in [0, 0.1) is 11.3 Å². The Morgan fingerprint density at radius 2 is 2.20 bits per heavy atom. The van der Waals surface area contributed by atoms with Gasteiger partial charge in [-0.05, 0) is 12.1 Å². The van der Waals surface area contributed by atoms with Gasteiger partial charge in [0.2, 0.25) is 5.82 Å². The summed E-state index contributed by atoms with van der Waals surface area (Å²) in [5.74, 6) is 0.260. The molecule has 0 fully saturated rings. The molecule has 15 heavy (non-hydrogen) atoms. The van der Waals surface area contributed by atoms with Gasteiger partial charge in [0, 0.05) is 17.8 Å². The van der Waals surface area contributed by atoms with E-state index in [0.29, 0.717) is 11.2 Å². The molecule has 1 N–H and O–H groups in total. The molecule has 0 saturated heterocycles. The van der Waals surface area contributed by atoms with Gasteiger partial charge in [-0.15, -0.1) is 0 Å². The van der Waals surface area contributed by atoms with Crippen molar-refractivity contribution in [3.63, 3.8) is 0 Å². The monoisotopic (exact) mass is 195 g/mol. The molecular weight excluding hydrogens is 190 g/mol. The average Bonchev–Trinajstić information content (AvgIpc) is 2.72. The molecule has 3 aromatic heterocycles. The van der Waals surface area contributed by atoms with E-state index in [1.54, 1.807) is 12.4 Å². The lowest BCUT2D eigenvalue weighted by atomic mass is 10.2. The Kier molecular flexibility index (Phi) is 1.45. The van der Waals surface area contributed by atoms with Crippen molar-refractivity contribution in [3.8, 4) is 6.07 Å². The van der Waals surface area contributed by atoms with E-state index in [-0.39, 0.29) is 5.82 Å². The Morgan fingerprint density at radius 3 is 3.07 bits per heavy atom. The minimum absolute atomic E-state index is 0.260. The van der Waals surface area contributed by atoms with Crippen LogP contribution in [0.5, 0.6) is 0 Å². The first-order valence-electron chi connectivity index (χ1n) is 4.38. The second-order valence-electron chi connectivity index (χ2n) is 3.09. The number of nitrogens with zero attached hydrogens (tertiary/aromatic N) is 4. The molecule has 5 heteroatoms. The van der Waals surface area contributed by atoms with Crippen molar-refractivity contribution in [2.24, 2.45) is 0 Å². The molecule has 0 saturated carbocycles. The van der Waals surface area contributed by atoms with E-state index in [1.807, 2.05) is 18.2 Å². The number of nitrogens with one attached hydrogen (secondary N) is 1. The summed E-state index contributed by atoms with van der Waals surface area (Å²) in [5.41, 5.74) is 2.00. The van der Waals surface area contributed by atoms with Crippen LogP contribution in [0.2, 0.25) is 0 Å². The van der Waals surface area contributed by atoms with Crippen molar-refractivity contribution in [2.75, 3.05) is 0 Å². The van der Waals surface area contributed by atoms with E-state index < -0.39 is 0 Å². The largest absolute Gasteiger partial charge is 0.314 e. The van der Waals surface area contributed by atoms with Gasteiger partial charge in [-0.3, -0.25) is 4.98 Å². The smallest absolute Gasteiger partial charge is 0.212 e. The van der Waals surface area contributed by atoms with Crippen LogP contribution < -0.4 is 0 Å². The van der Waals surface area contributed by atoms with Gasteiger partial charge in [0.15, 0.2) is 5.65 Å². The van der Waals surface area contributed by atoms with Crippen LogP contribution in [0.1, 0.15) is 5.82 Å². The molecule has 0 amide bonds. The van der Waals surface area contributed by atoms with Gasteiger partial charge in [0.05, 0.1) is 0 Å². The maximum atomic E-state index is 8.72. The van der Waals surface area contributed by atoms with Gasteiger partial charge in [-0.1, -0.05) is 0 Å². The third-order valence-electron chi connectivity index (χ3n) is 2.19. The van der Waals surface area contributed by atoms with Gasteiger partial charge in [0.1, 0.15) is 17.1 Å². The van der Waals surface area contributed by atoms with E-state index >= 15 is 0 Å². The molecule has 0 aliphatic heterocycles. The number of aromatic amines is 1. The van der Waals surface area contributed by atoms with Crippen LogP contribution in [0.15, 0.2) is 24.5 Å². The standard InChI is InChI=1S/C10H5N5/c11-4-7-14-9-8-6(2-1-3-12-8)5-13-10(9)15-7/h1-3,5H,(H,13,14,15). The molecule has 0 spiro atoms. The van der Waals surface area contributed by atoms with Gasteiger partial charge < -0.3 is 4.98 Å². The second kappa shape index (κ2) is 2.75. The molecule has 5 nitrogen and oxygen atoms in total. The number of rotatable bonds is 0. The summed E-state index contributed by atoms with van der Waals surface area (Å²) in [4.78, 5) is 15.3. The lowest BCUT2D eigenvalue weighted by Crippen LogP contribution is -1.82. The van der Waals surface area contributed by atoms with Crippen molar-refractivity contribution in [1.29, 1.82) is 5.26 Å². The highest BCUT2D eigenvalue weighted by Crippen LogP contribution is 2.18. The minimum atomic E-state index is 0.260. The minimum Gasteiger partial charge on any atom is -0.314 e. The zero-order valence-electron chi connectivity index (χ0n) is 7.60. The number of hydrogen-bond donors (Lipinski definition) is 1. The van der Waals surface area contributed by atoms with Gasteiger partial charge in [-0.25, -0.2) is 9.97 Å². The topological polar surface area (TPSA) is 78.2 Å². The summed E-state index contributed by atoms with van der Waals surface area (Å²) in [5, 5.41) is 9.64. The third-order valence-corrected chi connectivity index (χ3v) is 2.19. The van der Waals surface area contributed by atoms with E-state index in [0.717, 1.165) is 10.9 Å². The Morgan fingerprint density at radius 1 is 1.27 bits per heavy atom. The molecule has 0 unspecified atom stereocenters. The van der Waals surface area contributed by atoms with Crippen LogP contribution in [-0.4, -0.2) is 19.9 Å². The number of hydrogen-bond acceptors (Lipinski definition) is 4. The molecule has 3 heterocycles. The van der Waals surface area contributed by atoms with E-state index in [9.17, 15) is 0 Å². The lowest BCUT2D eigenvalue weighted by Gasteiger charge is -1.94. The summed E-state index contributed by atoms with van der Waals surface area (Å²) in [7, 11) is 0. The Balaban J connectivity index is 2.54. The molecule has 0 atom stereocenters. The van der Waals surface area contributed by atoms with Crippen molar-refractivity contribution in [3.05, 3.63) is 30.4 Å². The van der Waals surface area contributed by atoms with Crippen LogP contribution in [0.25, 0.3) is 22.1 Å². The molecule has 0 aliphatic carbocycles. The fourth-order valence-electron chi connectivity index (χ4n) is 1.53. The first-order valence-corrected chi connectivity index (χ1v) is 4.38. The molecule has 0 radical (unpaired) electrons. The zero-order chi connectivity index (χ0) is 10.3. The maximum absolute atomic E-state index is 8.72. The predicted molar refractivity (Wildman–Crippen MR) is 53.9 cm³/mol. The van der Waals surface area contributed by atoms with E-state index in [4.69, 9.17) is 5.26 Å². The van der Waals surface area contributed by atoms with Crippen LogP contribution in [0.4, 0.5) is 0 Å². The number of nitriles is 1. The van der Waals surface area contributed by atoms with Crippen LogP contribution in [-0.2, 0) is 0 Å².